The number of rotatable bonds is 3. The maximum atomic E-state index is 5.51. The molecule has 4 heteroatoms. The average molecular weight is 208 g/mol. The van der Waals surface area contributed by atoms with Gasteiger partial charge in [0.1, 0.15) is 11.5 Å². The van der Waals surface area contributed by atoms with Gasteiger partial charge in [0.05, 0.1) is 6.04 Å². The van der Waals surface area contributed by atoms with Crippen molar-refractivity contribution in [2.24, 2.45) is 0 Å². The molecule has 0 aliphatic carbocycles. The van der Waals surface area contributed by atoms with Crippen LogP contribution in [0.1, 0.15) is 24.5 Å². The number of nitrogens with one attached hydrogen (secondary N) is 1. The van der Waals surface area contributed by atoms with Crippen molar-refractivity contribution >= 4 is 16.5 Å². The molecule has 2 aromatic heterocycles. The van der Waals surface area contributed by atoms with Gasteiger partial charge >= 0.3 is 0 Å². The van der Waals surface area contributed by atoms with E-state index in [1.54, 1.807) is 17.5 Å². The highest BCUT2D eigenvalue weighted by Gasteiger charge is 2.09. The Bertz CT molecular complexity index is 394. The molecule has 0 fully saturated rings. The van der Waals surface area contributed by atoms with E-state index in [1.807, 2.05) is 24.4 Å². The van der Waals surface area contributed by atoms with Crippen molar-refractivity contribution in [1.82, 2.24) is 4.98 Å². The van der Waals surface area contributed by atoms with E-state index in [9.17, 15) is 0 Å². The third kappa shape index (κ3) is 1.96. The zero-order valence-electron chi connectivity index (χ0n) is 8.15. The Hall–Kier alpha value is -1.29. The van der Waals surface area contributed by atoms with Crippen LogP contribution >= 0.6 is 11.3 Å². The molecule has 0 bridgehead atoms. The van der Waals surface area contributed by atoms with Crippen molar-refractivity contribution in [1.29, 1.82) is 0 Å². The summed E-state index contributed by atoms with van der Waals surface area (Å²) in [4.78, 5) is 4.15. The fraction of sp³-hybridized carbons (Fsp3) is 0.300. The van der Waals surface area contributed by atoms with Gasteiger partial charge in [-0.2, -0.15) is 0 Å². The first kappa shape index (κ1) is 9.27. The molecule has 0 radical (unpaired) electrons. The van der Waals surface area contributed by atoms with E-state index < -0.39 is 0 Å². The molecule has 1 N–H and O–H groups in total. The summed E-state index contributed by atoms with van der Waals surface area (Å²) >= 11 is 1.59. The lowest BCUT2D eigenvalue weighted by Crippen LogP contribution is -2.04. The maximum Gasteiger partial charge on any atom is 0.183 e. The third-order valence-electron chi connectivity index (χ3n) is 1.96. The van der Waals surface area contributed by atoms with E-state index in [0.29, 0.717) is 0 Å². The first-order valence-corrected chi connectivity index (χ1v) is 5.36. The monoisotopic (exact) mass is 208 g/mol. The molecule has 0 saturated heterocycles. The van der Waals surface area contributed by atoms with Gasteiger partial charge in [-0.05, 0) is 26.0 Å². The highest BCUT2D eigenvalue weighted by Crippen LogP contribution is 2.21. The van der Waals surface area contributed by atoms with Gasteiger partial charge in [0.25, 0.3) is 0 Å². The number of hydrogen-bond donors (Lipinski definition) is 1. The van der Waals surface area contributed by atoms with E-state index in [-0.39, 0.29) is 6.04 Å². The molecule has 14 heavy (non-hydrogen) atoms. The van der Waals surface area contributed by atoms with Crippen molar-refractivity contribution < 1.29 is 4.42 Å². The minimum absolute atomic E-state index is 0.162. The molecule has 74 valence electrons. The summed E-state index contributed by atoms with van der Waals surface area (Å²) in [5, 5.41) is 6.13. The summed E-state index contributed by atoms with van der Waals surface area (Å²) < 4.78 is 5.51. The third-order valence-corrected chi connectivity index (χ3v) is 2.66. The number of anilines is 1. The molecule has 2 aromatic rings. The molecule has 0 aliphatic heterocycles. The lowest BCUT2D eigenvalue weighted by molar-refractivity contribution is 0.467. The van der Waals surface area contributed by atoms with Gasteiger partial charge < -0.3 is 9.73 Å². The topological polar surface area (TPSA) is 38.1 Å². The Morgan fingerprint density at radius 1 is 1.50 bits per heavy atom. The first-order chi connectivity index (χ1) is 6.75. The largest absolute Gasteiger partial charge is 0.464 e. The second-order valence-electron chi connectivity index (χ2n) is 3.15. The lowest BCUT2D eigenvalue weighted by Gasteiger charge is -2.09. The number of nitrogens with zero attached hydrogens (tertiary/aromatic N) is 1. The van der Waals surface area contributed by atoms with Crippen molar-refractivity contribution in [3.63, 3.8) is 0 Å². The van der Waals surface area contributed by atoms with Crippen LogP contribution in [0, 0.1) is 6.92 Å². The Balaban J connectivity index is 2.06. The molecule has 0 saturated carbocycles. The SMILES string of the molecule is Cc1ccc(C(C)Nc2nccs2)o1. The summed E-state index contributed by atoms with van der Waals surface area (Å²) in [6.07, 6.45) is 1.78. The van der Waals surface area contributed by atoms with Crippen LogP contribution in [0.15, 0.2) is 28.1 Å². The number of aromatic nitrogens is 1. The summed E-state index contributed by atoms with van der Waals surface area (Å²) in [5.74, 6) is 1.88. The zero-order chi connectivity index (χ0) is 9.97. The predicted molar refractivity (Wildman–Crippen MR) is 57.6 cm³/mol. The van der Waals surface area contributed by atoms with Crippen LogP contribution in [0.3, 0.4) is 0 Å². The van der Waals surface area contributed by atoms with Gasteiger partial charge in [0, 0.05) is 11.6 Å². The molecule has 2 rings (SSSR count). The first-order valence-electron chi connectivity index (χ1n) is 4.48. The Morgan fingerprint density at radius 3 is 2.93 bits per heavy atom. The van der Waals surface area contributed by atoms with Crippen LogP contribution in [0.5, 0.6) is 0 Å². The normalized spacial score (nSPS) is 12.7. The highest BCUT2D eigenvalue weighted by atomic mass is 32.1. The van der Waals surface area contributed by atoms with Crippen LogP contribution in [-0.4, -0.2) is 4.98 Å². The predicted octanol–water partition coefficient (Wildman–Crippen LogP) is 3.22. The molecule has 3 nitrogen and oxygen atoms in total. The molecule has 0 spiro atoms. The van der Waals surface area contributed by atoms with Crippen LogP contribution in [-0.2, 0) is 0 Å². The molecular weight excluding hydrogens is 196 g/mol. The van der Waals surface area contributed by atoms with Gasteiger partial charge in [-0.3, -0.25) is 0 Å². The van der Waals surface area contributed by atoms with Crippen molar-refractivity contribution in [3.05, 3.63) is 35.2 Å². The number of thiazole rings is 1. The molecule has 0 aliphatic rings. The van der Waals surface area contributed by atoms with Crippen LogP contribution in [0.4, 0.5) is 5.13 Å². The molecule has 0 amide bonds. The smallest absolute Gasteiger partial charge is 0.183 e. The Morgan fingerprint density at radius 2 is 2.36 bits per heavy atom. The fourth-order valence-corrected chi connectivity index (χ4v) is 1.85. The summed E-state index contributed by atoms with van der Waals surface area (Å²) in [5.41, 5.74) is 0. The Kier molecular flexibility index (Phi) is 2.54. The van der Waals surface area contributed by atoms with Crippen molar-refractivity contribution in [2.75, 3.05) is 5.32 Å². The van der Waals surface area contributed by atoms with Gasteiger partial charge in [0.15, 0.2) is 5.13 Å². The summed E-state index contributed by atoms with van der Waals surface area (Å²) in [6, 6.07) is 4.12. The summed E-state index contributed by atoms with van der Waals surface area (Å²) in [6.45, 7) is 4.00. The molecular formula is C10H12N2OS. The quantitative estimate of drug-likeness (QED) is 0.841. The lowest BCUT2D eigenvalue weighted by atomic mass is 10.2. The van der Waals surface area contributed by atoms with Crippen LogP contribution < -0.4 is 5.32 Å². The standard InChI is InChI=1S/C10H12N2OS/c1-7-3-4-9(13-7)8(2)12-10-11-5-6-14-10/h3-6,8H,1-2H3,(H,11,12). The summed E-state index contributed by atoms with van der Waals surface area (Å²) in [7, 11) is 0. The van der Waals surface area contributed by atoms with E-state index >= 15 is 0 Å². The van der Waals surface area contributed by atoms with Gasteiger partial charge in [0.2, 0.25) is 0 Å². The molecule has 1 unspecified atom stereocenters. The van der Waals surface area contributed by atoms with E-state index in [0.717, 1.165) is 16.7 Å². The Labute approximate surface area is 86.8 Å². The highest BCUT2D eigenvalue weighted by molar-refractivity contribution is 7.13. The van der Waals surface area contributed by atoms with Gasteiger partial charge in [-0.15, -0.1) is 11.3 Å². The molecule has 2 heterocycles. The van der Waals surface area contributed by atoms with E-state index in [1.165, 1.54) is 0 Å². The van der Waals surface area contributed by atoms with Gasteiger partial charge in [-0.25, -0.2) is 4.98 Å². The van der Waals surface area contributed by atoms with E-state index in [4.69, 9.17) is 4.42 Å². The van der Waals surface area contributed by atoms with Gasteiger partial charge in [-0.1, -0.05) is 0 Å². The second kappa shape index (κ2) is 3.84. The van der Waals surface area contributed by atoms with Crippen molar-refractivity contribution in [2.45, 2.75) is 19.9 Å². The number of hydrogen-bond acceptors (Lipinski definition) is 4. The van der Waals surface area contributed by atoms with Crippen LogP contribution in [0.2, 0.25) is 0 Å². The zero-order valence-corrected chi connectivity index (χ0v) is 8.97. The molecule has 0 aromatic carbocycles. The minimum Gasteiger partial charge on any atom is -0.464 e. The maximum absolute atomic E-state index is 5.51. The number of aryl methyl sites for hydroxylation is 1. The molecule has 1 atom stereocenters. The van der Waals surface area contributed by atoms with Crippen molar-refractivity contribution in [3.8, 4) is 0 Å². The number of furan rings is 1. The fourth-order valence-electron chi connectivity index (χ4n) is 1.24. The average Bonchev–Trinajstić information content (AvgIpc) is 2.75. The second-order valence-corrected chi connectivity index (χ2v) is 4.05. The van der Waals surface area contributed by atoms with E-state index in [2.05, 4.69) is 17.2 Å². The minimum atomic E-state index is 0.162. The van der Waals surface area contributed by atoms with Crippen LogP contribution in [0.25, 0.3) is 0 Å².